The number of hydrogen-bond donors (Lipinski definition) is 1. The van der Waals surface area contributed by atoms with Gasteiger partial charge in [-0.25, -0.2) is 9.07 Å². The summed E-state index contributed by atoms with van der Waals surface area (Å²) in [6.07, 6.45) is 1.48. The van der Waals surface area contributed by atoms with Crippen LogP contribution in [0.15, 0.2) is 28.9 Å². The van der Waals surface area contributed by atoms with E-state index in [-0.39, 0.29) is 12.3 Å². The van der Waals surface area contributed by atoms with Gasteiger partial charge in [-0.15, -0.1) is 5.10 Å². The van der Waals surface area contributed by atoms with Crippen LogP contribution in [0.2, 0.25) is 0 Å². The Morgan fingerprint density at radius 2 is 2.27 bits per heavy atom. The summed E-state index contributed by atoms with van der Waals surface area (Å²) in [6.45, 7) is -0.216. The zero-order valence-corrected chi connectivity index (χ0v) is 9.15. The summed E-state index contributed by atoms with van der Waals surface area (Å²) in [6, 6.07) is 4.63. The van der Waals surface area contributed by atoms with Crippen LogP contribution in [0.3, 0.4) is 0 Å². The van der Waals surface area contributed by atoms with Gasteiger partial charge in [0.05, 0.1) is 12.8 Å². The topological polar surface area (TPSA) is 50.9 Å². The standard InChI is InChI=1S/C9H7BrFN3O/c10-7-2-1-3-8(11)9(7)14-4-6(5-15)12-13-14/h1-4,15H,5H2. The third-order valence-electron chi connectivity index (χ3n) is 1.87. The second kappa shape index (κ2) is 4.08. The minimum absolute atomic E-state index is 0.216. The second-order valence-corrected chi connectivity index (χ2v) is 3.74. The number of hydrogen-bond acceptors (Lipinski definition) is 3. The Labute approximate surface area is 93.5 Å². The van der Waals surface area contributed by atoms with Crippen LogP contribution in [0.1, 0.15) is 5.69 Å². The van der Waals surface area contributed by atoms with E-state index in [1.165, 1.54) is 16.9 Å². The third-order valence-corrected chi connectivity index (χ3v) is 2.51. The van der Waals surface area contributed by atoms with Crippen molar-refractivity contribution in [2.75, 3.05) is 0 Å². The molecule has 0 atom stereocenters. The maximum Gasteiger partial charge on any atom is 0.150 e. The second-order valence-electron chi connectivity index (χ2n) is 2.88. The summed E-state index contributed by atoms with van der Waals surface area (Å²) in [5.41, 5.74) is 0.676. The number of halogens is 2. The van der Waals surface area contributed by atoms with Crippen LogP contribution in [-0.2, 0) is 6.61 Å². The fourth-order valence-corrected chi connectivity index (χ4v) is 1.71. The lowest BCUT2D eigenvalue weighted by Crippen LogP contribution is -1.99. The van der Waals surface area contributed by atoms with Crippen molar-refractivity contribution in [3.05, 3.63) is 40.4 Å². The lowest BCUT2D eigenvalue weighted by molar-refractivity contribution is 0.276. The first kappa shape index (κ1) is 10.3. The summed E-state index contributed by atoms with van der Waals surface area (Å²) in [5, 5.41) is 16.2. The monoisotopic (exact) mass is 271 g/mol. The van der Waals surface area contributed by atoms with Gasteiger partial charge in [0.25, 0.3) is 0 Å². The van der Waals surface area contributed by atoms with Crippen molar-refractivity contribution in [2.24, 2.45) is 0 Å². The van der Waals surface area contributed by atoms with E-state index in [0.29, 0.717) is 10.2 Å². The van der Waals surface area contributed by atoms with E-state index in [1.807, 2.05) is 0 Å². The maximum atomic E-state index is 13.5. The van der Waals surface area contributed by atoms with E-state index in [1.54, 1.807) is 12.1 Å². The average Bonchev–Trinajstić information content (AvgIpc) is 2.66. The van der Waals surface area contributed by atoms with Crippen LogP contribution >= 0.6 is 15.9 Å². The fraction of sp³-hybridized carbons (Fsp3) is 0.111. The van der Waals surface area contributed by atoms with E-state index in [2.05, 4.69) is 26.2 Å². The minimum atomic E-state index is -0.404. The molecule has 2 aromatic rings. The lowest BCUT2D eigenvalue weighted by atomic mass is 10.3. The van der Waals surface area contributed by atoms with Gasteiger partial charge in [0.2, 0.25) is 0 Å². The molecule has 6 heteroatoms. The fourth-order valence-electron chi connectivity index (χ4n) is 1.19. The van der Waals surface area contributed by atoms with E-state index in [9.17, 15) is 4.39 Å². The number of aliphatic hydroxyl groups excluding tert-OH is 1. The molecule has 0 saturated carbocycles. The van der Waals surface area contributed by atoms with Crippen molar-refractivity contribution < 1.29 is 9.50 Å². The third kappa shape index (κ3) is 1.91. The van der Waals surface area contributed by atoms with E-state index >= 15 is 0 Å². The van der Waals surface area contributed by atoms with Gasteiger partial charge in [0.1, 0.15) is 17.2 Å². The molecule has 0 unspecified atom stereocenters. The highest BCUT2D eigenvalue weighted by Gasteiger charge is 2.10. The molecule has 0 aliphatic rings. The van der Waals surface area contributed by atoms with Crippen LogP contribution in [0.5, 0.6) is 0 Å². The SMILES string of the molecule is OCc1cn(-c2c(F)cccc2Br)nn1. The van der Waals surface area contributed by atoms with Crippen LogP contribution < -0.4 is 0 Å². The molecule has 0 aliphatic carbocycles. The van der Waals surface area contributed by atoms with Crippen LogP contribution in [0.4, 0.5) is 4.39 Å². The molecule has 0 saturated heterocycles. The summed E-state index contributed by atoms with van der Waals surface area (Å²) < 4.78 is 15.3. The summed E-state index contributed by atoms with van der Waals surface area (Å²) in [7, 11) is 0. The maximum absolute atomic E-state index is 13.5. The molecule has 1 aromatic carbocycles. The Morgan fingerprint density at radius 1 is 1.47 bits per heavy atom. The molecule has 1 heterocycles. The van der Waals surface area contributed by atoms with Gasteiger partial charge in [-0.3, -0.25) is 0 Å². The van der Waals surface area contributed by atoms with Gasteiger partial charge in [-0.05, 0) is 28.1 Å². The van der Waals surface area contributed by atoms with Crippen LogP contribution in [0, 0.1) is 5.82 Å². The molecule has 0 spiro atoms. The molecule has 1 N–H and O–H groups in total. The van der Waals surface area contributed by atoms with E-state index in [4.69, 9.17) is 5.11 Å². The Morgan fingerprint density at radius 3 is 2.87 bits per heavy atom. The Bertz CT molecular complexity index is 466. The summed E-state index contributed by atoms with van der Waals surface area (Å²) in [4.78, 5) is 0. The van der Waals surface area contributed by atoms with Crippen molar-refractivity contribution in [2.45, 2.75) is 6.61 Å². The average molecular weight is 272 g/mol. The van der Waals surface area contributed by atoms with Gasteiger partial charge < -0.3 is 5.11 Å². The molecular formula is C9H7BrFN3O. The molecule has 4 nitrogen and oxygen atoms in total. The normalized spacial score (nSPS) is 10.6. The Kier molecular flexibility index (Phi) is 2.79. The van der Waals surface area contributed by atoms with Gasteiger partial charge in [-0.2, -0.15) is 0 Å². The van der Waals surface area contributed by atoms with Crippen molar-refractivity contribution in [3.8, 4) is 5.69 Å². The van der Waals surface area contributed by atoms with Crippen molar-refractivity contribution in [3.63, 3.8) is 0 Å². The largest absolute Gasteiger partial charge is 0.390 e. The van der Waals surface area contributed by atoms with E-state index < -0.39 is 5.82 Å². The quantitative estimate of drug-likeness (QED) is 0.904. The highest BCUT2D eigenvalue weighted by Crippen LogP contribution is 2.22. The van der Waals surface area contributed by atoms with Crippen LogP contribution in [0.25, 0.3) is 5.69 Å². The molecular weight excluding hydrogens is 265 g/mol. The van der Waals surface area contributed by atoms with Gasteiger partial charge >= 0.3 is 0 Å². The molecule has 0 fully saturated rings. The molecule has 0 bridgehead atoms. The highest BCUT2D eigenvalue weighted by molar-refractivity contribution is 9.10. The first-order valence-corrected chi connectivity index (χ1v) is 4.98. The number of aromatic nitrogens is 3. The van der Waals surface area contributed by atoms with Gasteiger partial charge in [0, 0.05) is 4.47 Å². The van der Waals surface area contributed by atoms with E-state index in [0.717, 1.165) is 0 Å². The number of rotatable bonds is 2. The smallest absolute Gasteiger partial charge is 0.150 e. The predicted octanol–water partition coefficient (Wildman–Crippen LogP) is 1.66. The molecule has 1 aromatic heterocycles. The van der Waals surface area contributed by atoms with Gasteiger partial charge in [0.15, 0.2) is 0 Å². The Hall–Kier alpha value is -1.27. The zero-order valence-electron chi connectivity index (χ0n) is 7.56. The zero-order chi connectivity index (χ0) is 10.8. The minimum Gasteiger partial charge on any atom is -0.390 e. The number of aliphatic hydroxyl groups is 1. The first-order valence-electron chi connectivity index (χ1n) is 4.19. The number of benzene rings is 1. The summed E-state index contributed by atoms with van der Waals surface area (Å²) in [5.74, 6) is -0.404. The molecule has 78 valence electrons. The molecule has 2 rings (SSSR count). The Balaban J connectivity index is 2.53. The van der Waals surface area contributed by atoms with Crippen molar-refractivity contribution in [1.29, 1.82) is 0 Å². The molecule has 0 radical (unpaired) electrons. The summed E-state index contributed by atoms with van der Waals surface area (Å²) >= 11 is 3.22. The first-order chi connectivity index (χ1) is 7.22. The van der Waals surface area contributed by atoms with Crippen molar-refractivity contribution >= 4 is 15.9 Å². The molecule has 0 aliphatic heterocycles. The molecule has 0 amide bonds. The number of nitrogens with zero attached hydrogens (tertiary/aromatic N) is 3. The highest BCUT2D eigenvalue weighted by atomic mass is 79.9. The number of para-hydroxylation sites is 1. The molecule has 15 heavy (non-hydrogen) atoms. The lowest BCUT2D eigenvalue weighted by Gasteiger charge is -2.03. The van der Waals surface area contributed by atoms with Gasteiger partial charge in [-0.1, -0.05) is 11.3 Å². The van der Waals surface area contributed by atoms with Crippen molar-refractivity contribution in [1.82, 2.24) is 15.0 Å². The van der Waals surface area contributed by atoms with Crippen LogP contribution in [-0.4, -0.2) is 20.1 Å². The predicted molar refractivity (Wildman–Crippen MR) is 54.9 cm³/mol.